The van der Waals surface area contributed by atoms with Gasteiger partial charge < -0.3 is 23.5 Å². The Labute approximate surface area is 294 Å². The molecule has 4 aromatic carbocycles. The van der Waals surface area contributed by atoms with E-state index in [9.17, 15) is 14.2 Å². The molecule has 2 heterocycles. The van der Waals surface area contributed by atoms with E-state index in [2.05, 4.69) is 4.98 Å². The molecule has 10 nitrogen and oxygen atoms in total. The van der Waals surface area contributed by atoms with Gasteiger partial charge in [0.2, 0.25) is 0 Å². The van der Waals surface area contributed by atoms with Crippen LogP contribution in [0.5, 0.6) is 11.5 Å². The summed E-state index contributed by atoms with van der Waals surface area (Å²) in [5.41, 5.74) is 0.639. The molecular weight excluding hydrogens is 675 g/mol. The Morgan fingerprint density at radius 1 is 0.840 bits per heavy atom. The molecule has 5 aromatic rings. The first kappa shape index (κ1) is 35.4. The molecule has 0 unspecified atom stereocenters. The van der Waals surface area contributed by atoms with Crippen LogP contribution in [0, 0.1) is 6.92 Å². The van der Waals surface area contributed by atoms with E-state index in [0.717, 1.165) is 33.0 Å². The Balaban J connectivity index is 1.41. The lowest BCUT2D eigenvalue weighted by Crippen LogP contribution is -2.38. The third kappa shape index (κ3) is 7.67. The summed E-state index contributed by atoms with van der Waals surface area (Å²) in [5.74, 6) is 1.38. The quantitative estimate of drug-likeness (QED) is 0.100. The van der Waals surface area contributed by atoms with Gasteiger partial charge in [-0.1, -0.05) is 72.8 Å². The van der Waals surface area contributed by atoms with Crippen molar-refractivity contribution in [3.8, 4) is 11.5 Å². The van der Waals surface area contributed by atoms with Crippen LogP contribution in [0.25, 0.3) is 0 Å². The molecule has 0 spiro atoms. The fraction of sp³-hybridized carbons (Fsp3) is 0.263. The van der Waals surface area contributed by atoms with Crippen molar-refractivity contribution in [3.05, 3.63) is 158 Å². The van der Waals surface area contributed by atoms with Crippen molar-refractivity contribution in [1.82, 2.24) is 9.55 Å². The summed E-state index contributed by atoms with van der Waals surface area (Å²) >= 11 is 1.16. The van der Waals surface area contributed by atoms with E-state index in [-0.39, 0.29) is 13.0 Å². The Morgan fingerprint density at radius 3 is 1.94 bits per heavy atom. The summed E-state index contributed by atoms with van der Waals surface area (Å²) < 4.78 is 46.3. The van der Waals surface area contributed by atoms with Gasteiger partial charge in [-0.2, -0.15) is 0 Å². The van der Waals surface area contributed by atoms with Crippen molar-refractivity contribution in [2.75, 3.05) is 27.5 Å². The molecule has 1 aromatic heterocycles. The molecule has 0 amide bonds. The average molecular weight is 715 g/mol. The van der Waals surface area contributed by atoms with Crippen LogP contribution in [-0.4, -0.2) is 49.3 Å². The molecule has 0 saturated carbocycles. The van der Waals surface area contributed by atoms with Gasteiger partial charge in [0.25, 0.3) is 12.1 Å². The van der Waals surface area contributed by atoms with E-state index in [1.54, 1.807) is 27.8 Å². The maximum absolute atomic E-state index is 14.0. The van der Waals surface area contributed by atoms with Crippen LogP contribution < -0.4 is 20.7 Å². The second kappa shape index (κ2) is 15.2. The molecule has 0 radical (unpaired) electrons. The summed E-state index contributed by atoms with van der Waals surface area (Å²) in [6, 6.07) is 34.6. The van der Waals surface area contributed by atoms with Crippen LogP contribution in [0.2, 0.25) is 0 Å². The van der Waals surface area contributed by atoms with Crippen LogP contribution in [-0.2, 0) is 24.2 Å². The van der Waals surface area contributed by atoms with Gasteiger partial charge in [-0.05, 0) is 71.4 Å². The summed E-state index contributed by atoms with van der Waals surface area (Å²) in [6.45, 7) is -0.113. The van der Waals surface area contributed by atoms with Crippen molar-refractivity contribution in [2.45, 2.75) is 42.3 Å². The van der Waals surface area contributed by atoms with Gasteiger partial charge in [0, 0.05) is 29.7 Å². The number of ether oxygens (including phenoxy) is 4. The molecule has 260 valence electrons. The third-order valence-electron chi connectivity index (χ3n) is 8.62. The normalized spacial score (nSPS) is 18.8. The summed E-state index contributed by atoms with van der Waals surface area (Å²) in [5, 5.41) is 0. The van der Waals surface area contributed by atoms with E-state index in [1.165, 1.54) is 10.8 Å². The van der Waals surface area contributed by atoms with Crippen molar-refractivity contribution in [1.29, 1.82) is 0 Å². The van der Waals surface area contributed by atoms with Gasteiger partial charge in [-0.3, -0.25) is 18.9 Å². The molecule has 6 rings (SSSR count). The smallest absolute Gasteiger partial charge is 0.330 e. The number of hydrogen-bond acceptors (Lipinski definition) is 9. The first-order chi connectivity index (χ1) is 24.1. The fourth-order valence-corrected chi connectivity index (χ4v) is 9.55. The second-order valence-corrected chi connectivity index (χ2v) is 16.9. The maximum Gasteiger partial charge on any atom is 0.330 e. The van der Waals surface area contributed by atoms with Crippen LogP contribution in [0.1, 0.15) is 34.9 Å². The Bertz CT molecular complexity index is 2010. The molecule has 1 fully saturated rings. The molecule has 0 bridgehead atoms. The predicted octanol–water partition coefficient (Wildman–Crippen LogP) is 7.16. The molecular formula is C38H39N2O8PS. The highest BCUT2D eigenvalue weighted by Gasteiger charge is 2.44. The largest absolute Gasteiger partial charge is 0.497 e. The number of benzene rings is 4. The molecule has 1 aliphatic heterocycles. The van der Waals surface area contributed by atoms with Crippen molar-refractivity contribution in [2.24, 2.45) is 0 Å². The monoisotopic (exact) mass is 714 g/mol. The number of hydrogen-bond donors (Lipinski definition) is 1. The Hall–Kier alpha value is -4.38. The van der Waals surface area contributed by atoms with E-state index in [4.69, 9.17) is 23.5 Å². The van der Waals surface area contributed by atoms with Crippen molar-refractivity contribution >= 4 is 18.0 Å². The zero-order chi connectivity index (χ0) is 35.3. The first-order valence-electron chi connectivity index (χ1n) is 16.1. The number of aromatic amines is 1. The minimum atomic E-state index is -3.30. The van der Waals surface area contributed by atoms with Gasteiger partial charge in [0.1, 0.15) is 29.4 Å². The van der Waals surface area contributed by atoms with Gasteiger partial charge in [0.05, 0.1) is 26.9 Å². The molecule has 50 heavy (non-hydrogen) atoms. The van der Waals surface area contributed by atoms with Crippen molar-refractivity contribution < 1.29 is 28.0 Å². The van der Waals surface area contributed by atoms with E-state index in [0.29, 0.717) is 17.1 Å². The van der Waals surface area contributed by atoms with Crippen LogP contribution >= 0.6 is 18.0 Å². The summed E-state index contributed by atoms with van der Waals surface area (Å²) in [4.78, 5) is 28.3. The van der Waals surface area contributed by atoms with E-state index < -0.39 is 41.9 Å². The lowest BCUT2D eigenvalue weighted by Gasteiger charge is -2.37. The number of methoxy groups -OCH3 is 2. The zero-order valence-corrected chi connectivity index (χ0v) is 29.9. The molecule has 1 saturated heterocycles. The second-order valence-electron chi connectivity index (χ2n) is 12.0. The zero-order valence-electron chi connectivity index (χ0n) is 28.2. The minimum Gasteiger partial charge on any atom is -0.497 e. The number of aromatic nitrogens is 2. The summed E-state index contributed by atoms with van der Waals surface area (Å²) in [6.07, 6.45) is -0.642. The van der Waals surface area contributed by atoms with Crippen LogP contribution in [0.3, 0.4) is 0 Å². The molecule has 1 N–H and O–H groups in total. The highest BCUT2D eigenvalue weighted by atomic mass is 32.7. The standard InChI is InChI=1S/C38H39N2O8PS/c1-26-24-40(37(42)39-36(26)41)35-23-33(48-49(4,43)50-32-13-9-6-10-14-32)34(47-35)25-46-38(27-11-7-5-8-12-27,28-15-19-30(44-2)20-16-28)29-17-21-31(45-3)22-18-29/h5-22,24,33-35H,23,25H2,1-4H3,(H,39,41,42)/t33-,34+,35+,49+/m0/s1. The fourth-order valence-electron chi connectivity index (χ4n) is 6.15. The maximum atomic E-state index is 14.0. The average Bonchev–Trinajstić information content (AvgIpc) is 3.52. The lowest BCUT2D eigenvalue weighted by atomic mass is 9.80. The minimum absolute atomic E-state index is 0.0127. The molecule has 4 atom stereocenters. The highest BCUT2D eigenvalue weighted by Crippen LogP contribution is 2.61. The van der Waals surface area contributed by atoms with Gasteiger partial charge in [-0.15, -0.1) is 0 Å². The predicted molar refractivity (Wildman–Crippen MR) is 194 cm³/mol. The number of nitrogens with one attached hydrogen (secondary N) is 1. The van der Waals surface area contributed by atoms with E-state index >= 15 is 0 Å². The highest BCUT2D eigenvalue weighted by molar-refractivity contribution is 8.56. The van der Waals surface area contributed by atoms with Gasteiger partial charge in [0.15, 0.2) is 0 Å². The topological polar surface area (TPSA) is 118 Å². The first-order valence-corrected chi connectivity index (χ1v) is 19.6. The molecule has 1 aliphatic rings. The Morgan fingerprint density at radius 2 is 1.38 bits per heavy atom. The summed E-state index contributed by atoms with van der Waals surface area (Å²) in [7, 11) is 3.23. The molecule has 12 heteroatoms. The number of rotatable bonds is 13. The van der Waals surface area contributed by atoms with Crippen LogP contribution in [0.15, 0.2) is 130 Å². The third-order valence-corrected chi connectivity index (χ3v) is 12.0. The molecule has 0 aliphatic carbocycles. The van der Waals surface area contributed by atoms with Gasteiger partial charge in [-0.25, -0.2) is 4.79 Å². The Kier molecular flexibility index (Phi) is 10.8. The SMILES string of the molecule is COc1ccc(C(OC[C@H]2O[C@@H](n3cc(C)c(=O)[nH]c3=O)C[C@@H]2O[P@@](C)(=O)Sc2ccccc2)(c2ccccc2)c2ccc(OC)cc2)cc1. The number of nitrogens with zero attached hydrogens (tertiary/aromatic N) is 1. The number of H-pyrrole nitrogens is 1. The van der Waals surface area contributed by atoms with Crippen LogP contribution in [0.4, 0.5) is 0 Å². The van der Waals surface area contributed by atoms with Crippen molar-refractivity contribution in [3.63, 3.8) is 0 Å². The van der Waals surface area contributed by atoms with Gasteiger partial charge >= 0.3 is 5.69 Å². The number of aryl methyl sites for hydroxylation is 1. The lowest BCUT2D eigenvalue weighted by molar-refractivity contribution is -0.0911. The van der Waals surface area contributed by atoms with E-state index in [1.807, 2.05) is 109 Å².